The van der Waals surface area contributed by atoms with Crippen LogP contribution in [0.3, 0.4) is 0 Å². The number of hydrogen-bond donors (Lipinski definition) is 1. The molecule has 0 amide bonds. The van der Waals surface area contributed by atoms with Gasteiger partial charge in [-0.25, -0.2) is 14.6 Å². The van der Waals surface area contributed by atoms with Crippen LogP contribution in [0.4, 0.5) is 26.3 Å². The minimum Gasteiger partial charge on any atom is -0.476 e. The number of nitrogens with one attached hydrogen (secondary N) is 1. The quantitative estimate of drug-likeness (QED) is 0.294. The number of rotatable bonds is 5. The number of aromatic nitrogens is 1. The van der Waals surface area contributed by atoms with Gasteiger partial charge in [0.05, 0.1) is 5.69 Å². The van der Waals surface area contributed by atoms with E-state index in [4.69, 9.17) is 4.74 Å². The van der Waals surface area contributed by atoms with Gasteiger partial charge in [0.25, 0.3) is 0 Å². The van der Waals surface area contributed by atoms with Crippen molar-refractivity contribution in [2.75, 3.05) is 13.2 Å². The molecule has 1 aromatic heterocycles. The summed E-state index contributed by atoms with van der Waals surface area (Å²) in [5.74, 6) is -7.37. The van der Waals surface area contributed by atoms with Gasteiger partial charge >= 0.3 is 30.6 Å². The summed E-state index contributed by atoms with van der Waals surface area (Å²) in [5.41, 5.74) is 0.738. The van der Waals surface area contributed by atoms with Gasteiger partial charge in [-0.15, -0.1) is 0 Å². The first-order valence-electron chi connectivity index (χ1n) is 9.40. The van der Waals surface area contributed by atoms with E-state index in [-0.39, 0.29) is 11.3 Å². The Balaban J connectivity index is 1.91. The van der Waals surface area contributed by atoms with E-state index in [9.17, 15) is 40.7 Å². The number of ether oxygens (including phenoxy) is 3. The van der Waals surface area contributed by atoms with Crippen molar-refractivity contribution in [2.45, 2.75) is 25.2 Å². The second-order valence-electron chi connectivity index (χ2n) is 6.77. The Bertz CT molecular complexity index is 1070. The van der Waals surface area contributed by atoms with E-state index in [0.29, 0.717) is 25.6 Å². The zero-order valence-electron chi connectivity index (χ0n) is 16.8. The van der Waals surface area contributed by atoms with Crippen molar-refractivity contribution in [2.24, 2.45) is 0 Å². The zero-order chi connectivity index (χ0) is 25.1. The lowest BCUT2D eigenvalue weighted by Crippen LogP contribution is -2.40. The van der Waals surface area contributed by atoms with Crippen LogP contribution in [0.2, 0.25) is 0 Å². The Morgan fingerprint density at radius 1 is 0.971 bits per heavy atom. The van der Waals surface area contributed by atoms with Crippen LogP contribution < -0.4 is 10.1 Å². The molecule has 0 aliphatic carbocycles. The number of nitrogens with zero attached hydrogens (tertiary/aromatic N) is 1. The minimum atomic E-state index is -5.66. The van der Waals surface area contributed by atoms with Gasteiger partial charge in [-0.3, -0.25) is 4.79 Å². The molecule has 0 atom stereocenters. The molecule has 0 saturated carbocycles. The van der Waals surface area contributed by atoms with Gasteiger partial charge in [0.2, 0.25) is 11.7 Å². The van der Waals surface area contributed by atoms with Crippen LogP contribution in [0.15, 0.2) is 36.4 Å². The van der Waals surface area contributed by atoms with Gasteiger partial charge in [-0.05, 0) is 12.1 Å². The van der Waals surface area contributed by atoms with Crippen molar-refractivity contribution >= 4 is 17.7 Å². The molecule has 2 heterocycles. The van der Waals surface area contributed by atoms with Crippen molar-refractivity contribution in [1.82, 2.24) is 10.3 Å². The highest BCUT2D eigenvalue weighted by Gasteiger charge is 2.48. The molecular weight excluding hydrogens is 478 g/mol. The summed E-state index contributed by atoms with van der Waals surface area (Å²) >= 11 is 0. The summed E-state index contributed by atoms with van der Waals surface area (Å²) in [5, 5.41) is 3.10. The van der Waals surface area contributed by atoms with Gasteiger partial charge < -0.3 is 19.5 Å². The Morgan fingerprint density at radius 2 is 1.62 bits per heavy atom. The standard InChI is InChI=1S/C20H14F6N2O6/c21-19(22,23)17(30)33-16(34-18(31)20(24,25)26)14(29)11-3-1-2-10(8-11)13-5-4-12-9-27-6-7-32-15(12)28-13/h1-5,8,16,27H,6-7,9H2. The van der Waals surface area contributed by atoms with E-state index in [2.05, 4.69) is 19.8 Å². The number of carbonyl (C=O) groups is 3. The molecule has 1 aliphatic rings. The Hall–Kier alpha value is -3.68. The van der Waals surface area contributed by atoms with Crippen molar-refractivity contribution < 1.29 is 54.9 Å². The number of benzene rings is 1. The van der Waals surface area contributed by atoms with Gasteiger partial charge in [0.15, 0.2) is 0 Å². The molecule has 0 radical (unpaired) electrons. The van der Waals surface area contributed by atoms with E-state index >= 15 is 0 Å². The van der Waals surface area contributed by atoms with Crippen LogP contribution >= 0.6 is 0 Å². The van der Waals surface area contributed by atoms with E-state index in [0.717, 1.165) is 17.7 Å². The molecule has 1 N–H and O–H groups in total. The minimum absolute atomic E-state index is 0.234. The molecule has 14 heteroatoms. The molecule has 182 valence electrons. The Kier molecular flexibility index (Phi) is 7.09. The summed E-state index contributed by atoms with van der Waals surface area (Å²) < 4.78 is 88.1. The molecule has 8 nitrogen and oxygen atoms in total. The number of pyridine rings is 1. The fourth-order valence-electron chi connectivity index (χ4n) is 2.76. The molecule has 34 heavy (non-hydrogen) atoms. The van der Waals surface area contributed by atoms with Gasteiger partial charge in [0.1, 0.15) is 6.61 Å². The summed E-state index contributed by atoms with van der Waals surface area (Å²) in [4.78, 5) is 39.1. The average Bonchev–Trinajstić information content (AvgIpc) is 3.01. The predicted molar refractivity (Wildman–Crippen MR) is 99.3 cm³/mol. The third kappa shape index (κ3) is 6.01. The fourth-order valence-corrected chi connectivity index (χ4v) is 2.76. The highest BCUT2D eigenvalue weighted by atomic mass is 19.4. The van der Waals surface area contributed by atoms with E-state index in [1.807, 2.05) is 0 Å². The first-order valence-corrected chi connectivity index (χ1v) is 9.40. The maximum atomic E-state index is 12.6. The first-order chi connectivity index (χ1) is 15.9. The third-order valence-corrected chi connectivity index (χ3v) is 4.32. The zero-order valence-corrected chi connectivity index (χ0v) is 16.8. The molecule has 1 aliphatic heterocycles. The van der Waals surface area contributed by atoms with Crippen LogP contribution in [0, 0.1) is 0 Å². The van der Waals surface area contributed by atoms with Crippen molar-refractivity contribution in [3.63, 3.8) is 0 Å². The maximum absolute atomic E-state index is 12.6. The fraction of sp³-hybridized carbons (Fsp3) is 0.300. The molecule has 0 spiro atoms. The SMILES string of the molecule is O=C(c1cccc(-c2ccc3c(n2)OCCNC3)c1)C(OC(=O)C(F)(F)F)OC(=O)C(F)(F)F. The van der Waals surface area contributed by atoms with Crippen LogP contribution in [0.5, 0.6) is 5.88 Å². The lowest BCUT2D eigenvalue weighted by Gasteiger charge is -2.19. The van der Waals surface area contributed by atoms with E-state index < -0.39 is 41.9 Å². The topological polar surface area (TPSA) is 104 Å². The van der Waals surface area contributed by atoms with Crippen LogP contribution in [0.25, 0.3) is 11.3 Å². The second kappa shape index (κ2) is 9.67. The summed E-state index contributed by atoms with van der Waals surface area (Å²) in [6.45, 7) is 1.39. The summed E-state index contributed by atoms with van der Waals surface area (Å²) in [7, 11) is 0. The Morgan fingerprint density at radius 3 is 2.24 bits per heavy atom. The highest BCUT2D eigenvalue weighted by molar-refractivity contribution is 6.01. The molecule has 0 fully saturated rings. The molecule has 0 bridgehead atoms. The summed E-state index contributed by atoms with van der Waals surface area (Å²) in [6, 6.07) is 8.05. The predicted octanol–water partition coefficient (Wildman–Crippen LogP) is 2.95. The number of alkyl halides is 6. The number of Topliss-reactive ketones (excluding diaryl/α,β-unsaturated/α-hetero) is 1. The average molecular weight is 492 g/mol. The smallest absolute Gasteiger partial charge is 0.476 e. The number of halogens is 6. The molecule has 0 unspecified atom stereocenters. The van der Waals surface area contributed by atoms with Gasteiger partial charge in [-0.1, -0.05) is 24.3 Å². The van der Waals surface area contributed by atoms with Crippen molar-refractivity contribution in [3.05, 3.63) is 47.5 Å². The first kappa shape index (κ1) is 25.0. The lowest BCUT2D eigenvalue weighted by atomic mass is 10.0. The maximum Gasteiger partial charge on any atom is 0.491 e. The normalized spacial score (nSPS) is 14.0. The number of fused-ring (bicyclic) bond motifs is 1. The van der Waals surface area contributed by atoms with Crippen molar-refractivity contribution in [3.8, 4) is 17.1 Å². The highest BCUT2D eigenvalue weighted by Crippen LogP contribution is 2.27. The van der Waals surface area contributed by atoms with Crippen LogP contribution in [0.1, 0.15) is 15.9 Å². The van der Waals surface area contributed by atoms with Crippen LogP contribution in [-0.4, -0.2) is 54.5 Å². The van der Waals surface area contributed by atoms with Gasteiger partial charge in [0, 0.05) is 29.8 Å². The summed E-state index contributed by atoms with van der Waals surface area (Å²) in [6.07, 6.45) is -14.5. The van der Waals surface area contributed by atoms with E-state index in [1.54, 1.807) is 12.1 Å². The number of esters is 2. The monoisotopic (exact) mass is 492 g/mol. The van der Waals surface area contributed by atoms with E-state index in [1.165, 1.54) is 12.1 Å². The van der Waals surface area contributed by atoms with Gasteiger partial charge in [-0.2, -0.15) is 26.3 Å². The molecular formula is C20H14F6N2O6. The molecule has 2 aromatic rings. The number of carbonyl (C=O) groups excluding carboxylic acids is 3. The third-order valence-electron chi connectivity index (χ3n) is 4.32. The van der Waals surface area contributed by atoms with Crippen molar-refractivity contribution in [1.29, 1.82) is 0 Å². The molecule has 3 rings (SSSR count). The number of ketones is 1. The Labute approximate surface area is 186 Å². The molecule has 0 saturated heterocycles. The molecule has 1 aromatic carbocycles. The second-order valence-corrected chi connectivity index (χ2v) is 6.77. The largest absolute Gasteiger partial charge is 0.491 e. The lowest BCUT2D eigenvalue weighted by molar-refractivity contribution is -0.233. The van der Waals surface area contributed by atoms with Crippen LogP contribution in [-0.2, 0) is 25.6 Å². The number of hydrogen-bond acceptors (Lipinski definition) is 8.